The van der Waals surface area contributed by atoms with Crippen LogP contribution < -0.4 is 20.1 Å². The molecule has 0 aliphatic rings. The maximum absolute atomic E-state index is 12.8. The molecular weight excluding hydrogens is 811 g/mol. The molecule has 8 aromatic rings. The van der Waals surface area contributed by atoms with Gasteiger partial charge in [0.2, 0.25) is 0 Å². The van der Waals surface area contributed by atoms with Crippen LogP contribution >= 0.6 is 0 Å². The van der Waals surface area contributed by atoms with Crippen LogP contribution in [0.4, 0.5) is 5.69 Å². The zero-order valence-corrected chi connectivity index (χ0v) is 35.3. The summed E-state index contributed by atoms with van der Waals surface area (Å²) in [5.41, 5.74) is 5.95. The minimum Gasteiger partial charge on any atom is -0.505 e. The van der Waals surface area contributed by atoms with Crippen LogP contribution in [0, 0.1) is 30.9 Å². The highest BCUT2D eigenvalue weighted by Crippen LogP contribution is 2.39. The van der Waals surface area contributed by atoms with Gasteiger partial charge in [-0.2, -0.15) is 0 Å². The minimum absolute atomic E-state index is 0.0683. The lowest BCUT2D eigenvalue weighted by molar-refractivity contribution is -0.384. The van der Waals surface area contributed by atoms with E-state index in [0.717, 1.165) is 33.0 Å². The molecule has 13 nitrogen and oxygen atoms in total. The lowest BCUT2D eigenvalue weighted by Crippen LogP contribution is -2.33. The summed E-state index contributed by atoms with van der Waals surface area (Å²) in [7, 11) is 0. The third-order valence-corrected chi connectivity index (χ3v) is 10.6. The molecule has 2 atom stereocenters. The van der Waals surface area contributed by atoms with E-state index in [4.69, 9.17) is 9.47 Å². The number of aromatic nitrogens is 2. The second-order valence-corrected chi connectivity index (χ2v) is 15.0. The molecule has 2 amide bonds. The third kappa shape index (κ3) is 10.2. The largest absolute Gasteiger partial charge is 0.505 e. The van der Waals surface area contributed by atoms with Gasteiger partial charge in [0.1, 0.15) is 34.0 Å². The van der Waals surface area contributed by atoms with Gasteiger partial charge in [0.05, 0.1) is 17.0 Å². The number of nitrogens with one attached hydrogen (secondary N) is 2. The smallest absolute Gasteiger partial charge is 0.269 e. The number of pyridine rings is 2. The normalized spacial score (nSPS) is 11.7. The number of ether oxygens (including phenoxy) is 2. The first-order valence-corrected chi connectivity index (χ1v) is 20.4. The van der Waals surface area contributed by atoms with Crippen molar-refractivity contribution in [3.8, 4) is 23.0 Å². The number of aromatic hydroxyl groups is 2. The number of hydrogen-bond acceptors (Lipinski definition) is 10. The number of nitro groups is 1. The molecule has 0 bridgehead atoms. The van der Waals surface area contributed by atoms with Crippen molar-refractivity contribution >= 4 is 39.3 Å². The van der Waals surface area contributed by atoms with Gasteiger partial charge in [-0.3, -0.25) is 29.7 Å². The molecule has 0 saturated heterocycles. The van der Waals surface area contributed by atoms with E-state index < -0.39 is 22.9 Å². The Labute approximate surface area is 369 Å². The molecule has 2 aromatic heterocycles. The van der Waals surface area contributed by atoms with Crippen molar-refractivity contribution in [1.82, 2.24) is 20.6 Å². The van der Waals surface area contributed by atoms with Gasteiger partial charge in [0.15, 0.2) is 13.2 Å². The number of carbonyl (C=O) groups excluding carboxylic acids is 2. The van der Waals surface area contributed by atoms with E-state index in [-0.39, 0.29) is 36.3 Å². The van der Waals surface area contributed by atoms with Crippen molar-refractivity contribution < 1.29 is 34.2 Å². The summed E-state index contributed by atoms with van der Waals surface area (Å²) in [6, 6.07) is 41.5. The van der Waals surface area contributed by atoms with Gasteiger partial charge in [-0.15, -0.1) is 0 Å². The number of nitro benzene ring substituents is 1. The molecule has 8 rings (SSSR count). The van der Waals surface area contributed by atoms with E-state index >= 15 is 0 Å². The van der Waals surface area contributed by atoms with Gasteiger partial charge >= 0.3 is 0 Å². The number of aryl methyl sites for hydroxylation is 3. The Hall–Kier alpha value is -8.32. The van der Waals surface area contributed by atoms with Gasteiger partial charge in [-0.1, -0.05) is 84.9 Å². The van der Waals surface area contributed by atoms with Crippen LogP contribution in [0.1, 0.15) is 51.0 Å². The zero-order valence-electron chi connectivity index (χ0n) is 35.3. The molecule has 13 heteroatoms. The van der Waals surface area contributed by atoms with E-state index in [1.165, 1.54) is 18.2 Å². The summed E-state index contributed by atoms with van der Waals surface area (Å²) < 4.78 is 11.1. The van der Waals surface area contributed by atoms with Gasteiger partial charge in [0.25, 0.3) is 17.5 Å². The Morgan fingerprint density at radius 2 is 1.06 bits per heavy atom. The third-order valence-electron chi connectivity index (χ3n) is 10.6. The molecule has 0 aliphatic carbocycles. The number of fused-ring (bicyclic) bond motifs is 2. The number of nitrogens with zero attached hydrogens (tertiary/aromatic N) is 3. The zero-order chi connectivity index (χ0) is 45.2. The molecule has 2 heterocycles. The number of rotatable bonds is 13. The van der Waals surface area contributed by atoms with Gasteiger partial charge in [-0.25, -0.2) is 0 Å². The quantitative estimate of drug-likeness (QED) is 0.0643. The first-order chi connectivity index (χ1) is 31.0. The summed E-state index contributed by atoms with van der Waals surface area (Å²) >= 11 is 0. The van der Waals surface area contributed by atoms with Crippen LogP contribution in [-0.4, -0.2) is 50.1 Å². The monoisotopic (exact) mass is 855 g/mol. The Kier molecular flexibility index (Phi) is 13.7. The van der Waals surface area contributed by atoms with Crippen molar-refractivity contribution in [2.75, 3.05) is 13.2 Å². The number of non-ortho nitro benzene ring substituents is 1. The van der Waals surface area contributed by atoms with Gasteiger partial charge in [0, 0.05) is 46.4 Å². The van der Waals surface area contributed by atoms with E-state index in [0.29, 0.717) is 39.2 Å². The first kappa shape index (κ1) is 43.8. The predicted octanol–water partition coefficient (Wildman–Crippen LogP) is 9.28. The molecule has 2 unspecified atom stereocenters. The summed E-state index contributed by atoms with van der Waals surface area (Å²) in [6.07, 6.45) is 3.22. The van der Waals surface area contributed by atoms with Gasteiger partial charge in [-0.05, 0) is 97.1 Å². The molecular formula is C51H45N5O8. The number of phenols is 2. The lowest BCUT2D eigenvalue weighted by Gasteiger charge is -2.23. The molecule has 0 fully saturated rings. The molecule has 64 heavy (non-hydrogen) atoms. The number of phenolic OH excluding ortho intramolecular Hbond substituents is 2. The summed E-state index contributed by atoms with van der Waals surface area (Å²) in [4.78, 5) is 45.1. The van der Waals surface area contributed by atoms with Crippen molar-refractivity contribution in [1.29, 1.82) is 0 Å². The summed E-state index contributed by atoms with van der Waals surface area (Å²) in [5, 5.41) is 41.0. The molecule has 0 saturated carbocycles. The van der Waals surface area contributed by atoms with E-state index in [2.05, 4.69) is 20.6 Å². The average molecular weight is 856 g/mol. The molecule has 0 radical (unpaired) electrons. The van der Waals surface area contributed by atoms with Gasteiger partial charge < -0.3 is 30.3 Å². The lowest BCUT2D eigenvalue weighted by atomic mass is 9.91. The Morgan fingerprint density at radius 1 is 0.578 bits per heavy atom. The van der Waals surface area contributed by atoms with Crippen molar-refractivity contribution in [2.45, 2.75) is 32.9 Å². The Morgan fingerprint density at radius 3 is 1.58 bits per heavy atom. The highest BCUT2D eigenvalue weighted by atomic mass is 16.6. The fraction of sp³-hybridized carbons (Fsp3) is 0.137. The number of amides is 2. The molecule has 0 spiro atoms. The SMILES string of the molecule is Cc1cc(C(NC(=O)COc2ccccc2)c2cccc([N+](=O)[O-])c2)c(O)c2ncccc12.Cc1ccccc1C(NC(=O)COc1ccccc1)c1cc(C)c2cccnc2c1O. The summed E-state index contributed by atoms with van der Waals surface area (Å²) in [6.45, 7) is 5.44. The molecule has 4 N–H and O–H groups in total. The fourth-order valence-electron chi connectivity index (χ4n) is 7.43. The second kappa shape index (κ2) is 20.0. The maximum Gasteiger partial charge on any atom is 0.269 e. The standard InChI is InChI=1S/C26H24N2O3.C25H21N3O5/c1-17-9-6-7-12-20(17)24(28-23(29)16-31-19-10-4-3-5-11-19)22-15-18(2)21-13-8-14-27-25(21)26(22)30;1-16-13-21(25(30)24-20(16)11-6-12-26-24)23(17-7-5-8-18(14-17)28(31)32)27-22(29)15-33-19-9-3-2-4-10-19/h3-15,24,30H,16H2,1-2H3,(H,28,29);2-14,23,30H,15H2,1H3,(H,27,29). The van der Waals surface area contributed by atoms with Crippen LogP contribution in [0.15, 0.2) is 158 Å². The highest BCUT2D eigenvalue weighted by Gasteiger charge is 2.26. The minimum atomic E-state index is -0.859. The Bertz CT molecular complexity index is 2950. The fourth-order valence-corrected chi connectivity index (χ4v) is 7.43. The summed E-state index contributed by atoms with van der Waals surface area (Å²) in [5.74, 6) is 0.395. The molecule has 0 aliphatic heterocycles. The van der Waals surface area contributed by atoms with Crippen molar-refractivity contribution in [2.24, 2.45) is 0 Å². The van der Waals surface area contributed by atoms with Crippen LogP contribution in [0.3, 0.4) is 0 Å². The molecule has 6 aromatic carbocycles. The van der Waals surface area contributed by atoms with Crippen LogP contribution in [0.25, 0.3) is 21.8 Å². The average Bonchev–Trinajstić information content (AvgIpc) is 3.32. The Balaban J connectivity index is 0.000000192. The van der Waals surface area contributed by atoms with Crippen LogP contribution in [0.2, 0.25) is 0 Å². The number of benzene rings is 6. The number of para-hydroxylation sites is 2. The second-order valence-electron chi connectivity index (χ2n) is 15.0. The van der Waals surface area contributed by atoms with Crippen molar-refractivity contribution in [3.63, 3.8) is 0 Å². The maximum atomic E-state index is 12.8. The van der Waals surface area contributed by atoms with E-state index in [1.807, 2.05) is 93.6 Å². The molecule has 322 valence electrons. The highest BCUT2D eigenvalue weighted by molar-refractivity contribution is 5.90. The predicted molar refractivity (Wildman–Crippen MR) is 244 cm³/mol. The van der Waals surface area contributed by atoms with Crippen LogP contribution in [0.5, 0.6) is 23.0 Å². The topological polar surface area (TPSA) is 186 Å². The number of carbonyl (C=O) groups is 2. The first-order valence-electron chi connectivity index (χ1n) is 20.4. The number of hydrogen-bond donors (Lipinski definition) is 4. The van der Waals surface area contributed by atoms with Crippen LogP contribution in [-0.2, 0) is 9.59 Å². The van der Waals surface area contributed by atoms with E-state index in [1.54, 1.807) is 67.0 Å². The van der Waals surface area contributed by atoms with E-state index in [9.17, 15) is 29.9 Å². The van der Waals surface area contributed by atoms with Crippen molar-refractivity contribution in [3.05, 3.63) is 207 Å².